The standard InChI is InChI=1S/C15H33O4P.Na.H/c1-2-3-4-5-6-7-8-9-10-11-12-13-14-15-19-20(16,17)18;;/h2-15H2,1H3,(H2,16,17,18);;. The molecule has 0 heterocycles. The Kier molecular flexibility index (Phi) is 20.3. The second kappa shape index (κ2) is 17.5. The second-order valence-corrected chi connectivity index (χ2v) is 6.81. The molecule has 0 aliphatic carbocycles. The maximum atomic E-state index is 10.4. The van der Waals surface area contributed by atoms with Gasteiger partial charge < -0.3 is 9.79 Å². The molecule has 6 heteroatoms. The van der Waals surface area contributed by atoms with Gasteiger partial charge >= 0.3 is 37.4 Å². The second-order valence-electron chi connectivity index (χ2n) is 5.57. The van der Waals surface area contributed by atoms with E-state index in [1.165, 1.54) is 64.2 Å². The zero-order valence-electron chi connectivity index (χ0n) is 13.1. The Morgan fingerprint density at radius 3 is 1.38 bits per heavy atom. The molecular formula is C15H34NaO4P. The van der Waals surface area contributed by atoms with Crippen molar-refractivity contribution in [3.8, 4) is 0 Å². The van der Waals surface area contributed by atoms with Crippen LogP contribution in [-0.2, 0) is 9.09 Å². The van der Waals surface area contributed by atoms with Gasteiger partial charge in [-0.1, -0.05) is 84.0 Å². The molecule has 0 saturated carbocycles. The van der Waals surface area contributed by atoms with Gasteiger partial charge in [-0.05, 0) is 6.42 Å². The Morgan fingerprint density at radius 1 is 0.714 bits per heavy atom. The minimum absolute atomic E-state index is 0. The van der Waals surface area contributed by atoms with Crippen molar-refractivity contribution in [3.63, 3.8) is 0 Å². The molecular weight excluding hydrogens is 298 g/mol. The van der Waals surface area contributed by atoms with Gasteiger partial charge in [-0.2, -0.15) is 0 Å². The molecule has 0 aliphatic heterocycles. The third-order valence-corrected chi connectivity index (χ3v) is 4.03. The summed E-state index contributed by atoms with van der Waals surface area (Å²) in [7, 11) is -4.25. The maximum absolute atomic E-state index is 10.4. The molecule has 0 aromatic heterocycles. The fourth-order valence-electron chi connectivity index (χ4n) is 2.30. The van der Waals surface area contributed by atoms with E-state index in [9.17, 15) is 4.57 Å². The molecule has 4 nitrogen and oxygen atoms in total. The fraction of sp³-hybridized carbons (Fsp3) is 1.00. The van der Waals surface area contributed by atoms with Crippen molar-refractivity contribution in [2.75, 3.05) is 6.61 Å². The molecule has 0 amide bonds. The van der Waals surface area contributed by atoms with E-state index in [-0.39, 0.29) is 36.2 Å². The van der Waals surface area contributed by atoms with Crippen LogP contribution in [-0.4, -0.2) is 46.0 Å². The summed E-state index contributed by atoms with van der Waals surface area (Å²) in [5.74, 6) is 0. The number of hydrogen-bond donors (Lipinski definition) is 2. The van der Waals surface area contributed by atoms with Crippen LogP contribution in [0.2, 0.25) is 0 Å². The van der Waals surface area contributed by atoms with Crippen LogP contribution < -0.4 is 0 Å². The summed E-state index contributed by atoms with van der Waals surface area (Å²) in [5, 5.41) is 0. The Bertz CT molecular complexity index is 246. The molecule has 0 aliphatic rings. The van der Waals surface area contributed by atoms with E-state index in [2.05, 4.69) is 11.4 Å². The molecule has 2 N–H and O–H groups in total. The number of phosphoric acid groups is 1. The Balaban J connectivity index is 0. The van der Waals surface area contributed by atoms with E-state index in [0.29, 0.717) is 0 Å². The van der Waals surface area contributed by atoms with Crippen LogP contribution in [0.1, 0.15) is 90.4 Å². The average Bonchev–Trinajstić information content (AvgIpc) is 2.38. The van der Waals surface area contributed by atoms with Crippen LogP contribution in [0.3, 0.4) is 0 Å². The van der Waals surface area contributed by atoms with Crippen LogP contribution in [0.5, 0.6) is 0 Å². The van der Waals surface area contributed by atoms with Crippen molar-refractivity contribution in [3.05, 3.63) is 0 Å². The zero-order valence-corrected chi connectivity index (χ0v) is 14.0. The van der Waals surface area contributed by atoms with Crippen LogP contribution in [0.4, 0.5) is 0 Å². The van der Waals surface area contributed by atoms with E-state index in [1.807, 2.05) is 0 Å². The van der Waals surface area contributed by atoms with Crippen LogP contribution in [0.15, 0.2) is 0 Å². The summed E-state index contributed by atoms with van der Waals surface area (Å²) in [4.78, 5) is 17.0. The third kappa shape index (κ3) is 23.5. The molecule has 0 atom stereocenters. The van der Waals surface area contributed by atoms with Crippen LogP contribution in [0.25, 0.3) is 0 Å². The van der Waals surface area contributed by atoms with Gasteiger partial charge in [0, 0.05) is 0 Å². The summed E-state index contributed by atoms with van der Waals surface area (Å²) in [5.41, 5.74) is 0. The van der Waals surface area contributed by atoms with Gasteiger partial charge in [0.05, 0.1) is 6.61 Å². The van der Waals surface area contributed by atoms with Crippen molar-refractivity contribution in [1.82, 2.24) is 0 Å². The van der Waals surface area contributed by atoms with E-state index in [0.717, 1.165) is 19.3 Å². The summed E-state index contributed by atoms with van der Waals surface area (Å²) in [6.45, 7) is 2.42. The Morgan fingerprint density at radius 2 is 1.05 bits per heavy atom. The monoisotopic (exact) mass is 332 g/mol. The molecule has 0 bridgehead atoms. The van der Waals surface area contributed by atoms with Gasteiger partial charge in [-0.25, -0.2) is 4.57 Å². The number of phosphoric ester groups is 1. The molecule has 0 saturated heterocycles. The predicted molar refractivity (Wildman–Crippen MR) is 90.8 cm³/mol. The first-order valence-electron chi connectivity index (χ1n) is 8.26. The zero-order chi connectivity index (χ0) is 15.1. The third-order valence-electron chi connectivity index (χ3n) is 3.51. The molecule has 0 unspecified atom stereocenters. The molecule has 21 heavy (non-hydrogen) atoms. The molecule has 0 aromatic carbocycles. The summed E-state index contributed by atoms with van der Waals surface area (Å²) in [6.07, 6.45) is 16.3. The van der Waals surface area contributed by atoms with Gasteiger partial charge in [-0.3, -0.25) is 4.52 Å². The summed E-state index contributed by atoms with van der Waals surface area (Å²) in [6, 6.07) is 0. The first-order chi connectivity index (χ1) is 9.56. The van der Waals surface area contributed by atoms with E-state index in [1.54, 1.807) is 0 Å². The van der Waals surface area contributed by atoms with E-state index < -0.39 is 7.82 Å². The predicted octanol–water partition coefficient (Wildman–Crippen LogP) is 4.54. The number of unbranched alkanes of at least 4 members (excludes halogenated alkanes) is 12. The van der Waals surface area contributed by atoms with E-state index >= 15 is 0 Å². The first kappa shape index (κ1) is 24.4. The number of hydrogen-bond acceptors (Lipinski definition) is 2. The van der Waals surface area contributed by atoms with Gasteiger partial charge in [0.1, 0.15) is 0 Å². The van der Waals surface area contributed by atoms with Crippen molar-refractivity contribution in [2.45, 2.75) is 90.4 Å². The molecule has 0 rings (SSSR count). The molecule has 0 radical (unpaired) electrons. The summed E-state index contributed by atoms with van der Waals surface area (Å²) < 4.78 is 14.8. The molecule has 0 fully saturated rings. The van der Waals surface area contributed by atoms with Crippen LogP contribution in [0, 0.1) is 0 Å². The van der Waals surface area contributed by atoms with Gasteiger partial charge in [0.25, 0.3) is 0 Å². The Hall–Kier alpha value is 1.11. The fourth-order valence-corrected chi connectivity index (χ4v) is 2.67. The molecule has 0 spiro atoms. The van der Waals surface area contributed by atoms with Crippen molar-refractivity contribution < 1.29 is 18.9 Å². The minimum atomic E-state index is -4.25. The van der Waals surface area contributed by atoms with Crippen LogP contribution >= 0.6 is 7.82 Å². The Labute approximate surface area is 153 Å². The van der Waals surface area contributed by atoms with Crippen molar-refractivity contribution >= 4 is 37.4 Å². The van der Waals surface area contributed by atoms with E-state index in [4.69, 9.17) is 9.79 Å². The molecule has 124 valence electrons. The van der Waals surface area contributed by atoms with Gasteiger partial charge in [-0.15, -0.1) is 0 Å². The summed E-state index contributed by atoms with van der Waals surface area (Å²) >= 11 is 0. The topological polar surface area (TPSA) is 66.8 Å². The molecule has 0 aromatic rings. The SMILES string of the molecule is CCCCCCCCCCCCCCCOP(=O)(O)O.[NaH]. The van der Waals surface area contributed by atoms with Crippen molar-refractivity contribution in [1.29, 1.82) is 0 Å². The van der Waals surface area contributed by atoms with Crippen molar-refractivity contribution in [2.24, 2.45) is 0 Å². The first-order valence-corrected chi connectivity index (χ1v) is 9.79. The van der Waals surface area contributed by atoms with Gasteiger partial charge in [0.2, 0.25) is 0 Å². The average molecular weight is 332 g/mol. The number of rotatable bonds is 15. The quantitative estimate of drug-likeness (QED) is 0.262. The normalized spacial score (nSPS) is 11.4. The van der Waals surface area contributed by atoms with Gasteiger partial charge in [0.15, 0.2) is 0 Å².